The third-order valence-electron chi connectivity index (χ3n) is 6.40. The van der Waals surface area contributed by atoms with Gasteiger partial charge in [-0.1, -0.05) is 41.9 Å². The lowest BCUT2D eigenvalue weighted by Gasteiger charge is -2.24. The lowest BCUT2D eigenvalue weighted by atomic mass is 10.0. The summed E-state index contributed by atoms with van der Waals surface area (Å²) in [6, 6.07) is 12.3. The second kappa shape index (κ2) is 12.1. The van der Waals surface area contributed by atoms with Crippen molar-refractivity contribution in [3.8, 4) is 22.7 Å². The van der Waals surface area contributed by atoms with Gasteiger partial charge in [0, 0.05) is 27.7 Å². The first-order chi connectivity index (χ1) is 20.0. The Labute approximate surface area is 247 Å². The zero-order valence-electron chi connectivity index (χ0n) is 22.4. The third kappa shape index (κ3) is 6.25. The number of rotatable bonds is 9. The summed E-state index contributed by atoms with van der Waals surface area (Å²) in [7, 11) is 0. The lowest BCUT2D eigenvalue weighted by molar-refractivity contribution is -0.198. The van der Waals surface area contributed by atoms with Crippen LogP contribution in [0.15, 0.2) is 66.4 Å². The molecule has 2 atom stereocenters. The monoisotopic (exact) mass is 615 g/mol. The molecule has 0 saturated carbocycles. The van der Waals surface area contributed by atoms with E-state index < -0.39 is 24.3 Å². The lowest BCUT2D eigenvalue weighted by Crippen LogP contribution is -2.34. The molecule has 13 heteroatoms. The third-order valence-corrected chi connectivity index (χ3v) is 7.59. The highest BCUT2D eigenvalue weighted by molar-refractivity contribution is 7.18. The van der Waals surface area contributed by atoms with Gasteiger partial charge in [-0.2, -0.15) is 18.3 Å². The number of halogens is 4. The van der Waals surface area contributed by atoms with Gasteiger partial charge in [-0.25, -0.2) is 14.6 Å². The van der Waals surface area contributed by atoms with Crippen molar-refractivity contribution in [2.24, 2.45) is 5.73 Å². The SMILES string of the molecule is CCOC(=O)C(N)Cc1ccc(-c2csc3c(OC(c4ccc(Cl)cc4-n4ccc(C)n4)C(F)(F)F)ncnc23)cc1. The average molecular weight is 616 g/mol. The molecule has 0 saturated heterocycles. The van der Waals surface area contributed by atoms with E-state index in [-0.39, 0.29) is 28.8 Å². The van der Waals surface area contributed by atoms with E-state index in [9.17, 15) is 18.0 Å². The Hall–Kier alpha value is -4.00. The van der Waals surface area contributed by atoms with Gasteiger partial charge in [-0.05, 0) is 49.6 Å². The predicted octanol–water partition coefficient (Wildman–Crippen LogP) is 6.62. The first kappa shape index (κ1) is 29.5. The van der Waals surface area contributed by atoms with Gasteiger partial charge in [-0.3, -0.25) is 4.79 Å². The highest BCUT2D eigenvalue weighted by Crippen LogP contribution is 2.43. The Kier molecular flexibility index (Phi) is 8.48. The number of nitrogens with zero attached hydrogens (tertiary/aromatic N) is 4. The van der Waals surface area contributed by atoms with E-state index in [1.165, 1.54) is 40.5 Å². The molecule has 3 heterocycles. The molecular formula is C29H25ClF3N5O3S. The summed E-state index contributed by atoms with van der Waals surface area (Å²) in [6.07, 6.45) is -4.12. The van der Waals surface area contributed by atoms with Crippen LogP contribution in [0.4, 0.5) is 13.2 Å². The summed E-state index contributed by atoms with van der Waals surface area (Å²) < 4.78 is 55.8. The largest absolute Gasteiger partial charge is 0.465 e. The summed E-state index contributed by atoms with van der Waals surface area (Å²) in [4.78, 5) is 20.3. The number of carbonyl (C=O) groups is 1. The van der Waals surface area contributed by atoms with Gasteiger partial charge in [0.25, 0.3) is 0 Å². The van der Waals surface area contributed by atoms with Gasteiger partial charge in [0.15, 0.2) is 0 Å². The van der Waals surface area contributed by atoms with E-state index in [1.54, 1.807) is 31.5 Å². The molecule has 0 aliphatic rings. The van der Waals surface area contributed by atoms with Crippen LogP contribution in [-0.2, 0) is 16.0 Å². The zero-order valence-corrected chi connectivity index (χ0v) is 24.0. The summed E-state index contributed by atoms with van der Waals surface area (Å²) in [6.45, 7) is 3.69. The predicted molar refractivity (Wildman–Crippen MR) is 154 cm³/mol. The maximum absolute atomic E-state index is 14.5. The van der Waals surface area contributed by atoms with Crippen LogP contribution in [-0.4, -0.2) is 44.5 Å². The van der Waals surface area contributed by atoms with Gasteiger partial charge < -0.3 is 15.2 Å². The topological polar surface area (TPSA) is 105 Å². The number of carbonyl (C=O) groups excluding carboxylic acids is 1. The van der Waals surface area contributed by atoms with Crippen LogP contribution in [0.2, 0.25) is 5.02 Å². The fraction of sp³-hybridized carbons (Fsp3) is 0.241. The van der Waals surface area contributed by atoms with Crippen molar-refractivity contribution in [1.82, 2.24) is 19.7 Å². The standard InChI is InChI=1S/C29H25ClF3N5O3S/c1-3-40-28(39)22(34)12-17-4-6-18(7-5-17)21-14-42-25-24(21)35-15-36-27(25)41-26(29(31,32)33)20-9-8-19(30)13-23(20)38-11-10-16(2)37-38/h4-11,13-15,22,26H,3,12,34H2,1-2H3. The highest BCUT2D eigenvalue weighted by Gasteiger charge is 2.45. The molecule has 42 heavy (non-hydrogen) atoms. The molecular weight excluding hydrogens is 591 g/mol. The van der Waals surface area contributed by atoms with Crippen molar-refractivity contribution in [2.75, 3.05) is 6.61 Å². The van der Waals surface area contributed by atoms with Crippen molar-refractivity contribution in [1.29, 1.82) is 0 Å². The minimum absolute atomic E-state index is 0.137. The molecule has 2 unspecified atom stereocenters. The van der Waals surface area contributed by atoms with Crippen LogP contribution in [0.25, 0.3) is 27.0 Å². The molecule has 2 N–H and O–H groups in total. The Morgan fingerprint density at radius 2 is 1.90 bits per heavy atom. The minimum Gasteiger partial charge on any atom is -0.465 e. The van der Waals surface area contributed by atoms with Crippen molar-refractivity contribution in [2.45, 2.75) is 38.6 Å². The maximum atomic E-state index is 14.5. The van der Waals surface area contributed by atoms with Crippen LogP contribution < -0.4 is 10.5 Å². The quantitative estimate of drug-likeness (QED) is 0.186. The van der Waals surface area contributed by atoms with Crippen LogP contribution in [0.5, 0.6) is 5.88 Å². The molecule has 5 aromatic rings. The molecule has 0 radical (unpaired) electrons. The molecule has 2 aromatic carbocycles. The molecule has 5 rings (SSSR count). The number of alkyl halides is 3. The number of aryl methyl sites for hydroxylation is 1. The molecule has 0 bridgehead atoms. The second-order valence-corrected chi connectivity index (χ2v) is 10.7. The molecule has 0 amide bonds. The van der Waals surface area contributed by atoms with E-state index >= 15 is 0 Å². The van der Waals surface area contributed by atoms with Gasteiger partial charge in [0.05, 0.1) is 23.5 Å². The number of thiophene rings is 1. The van der Waals surface area contributed by atoms with Gasteiger partial charge in [-0.15, -0.1) is 11.3 Å². The number of benzene rings is 2. The number of hydrogen-bond donors (Lipinski definition) is 1. The Bertz CT molecular complexity index is 1720. The molecule has 3 aromatic heterocycles. The molecule has 0 spiro atoms. The zero-order chi connectivity index (χ0) is 30.0. The van der Waals surface area contributed by atoms with Crippen molar-refractivity contribution in [3.05, 3.63) is 88.3 Å². The number of esters is 1. The van der Waals surface area contributed by atoms with E-state index in [1.807, 2.05) is 24.3 Å². The highest BCUT2D eigenvalue weighted by atomic mass is 35.5. The number of ether oxygens (including phenoxy) is 2. The summed E-state index contributed by atoms with van der Waals surface area (Å²) in [5.41, 5.74) is 9.28. The minimum atomic E-state index is -4.79. The van der Waals surface area contributed by atoms with Crippen LogP contribution in [0.1, 0.15) is 29.8 Å². The van der Waals surface area contributed by atoms with Gasteiger partial charge in [0.2, 0.25) is 12.0 Å². The summed E-state index contributed by atoms with van der Waals surface area (Å²) in [5.74, 6) is -0.676. The van der Waals surface area contributed by atoms with Crippen molar-refractivity contribution >= 4 is 39.1 Å². The number of hydrogen-bond acceptors (Lipinski definition) is 8. The first-order valence-corrected chi connectivity index (χ1v) is 14.1. The molecule has 0 aliphatic carbocycles. The molecule has 218 valence electrons. The van der Waals surface area contributed by atoms with E-state index in [0.29, 0.717) is 27.9 Å². The van der Waals surface area contributed by atoms with E-state index in [2.05, 4.69) is 15.1 Å². The Morgan fingerprint density at radius 1 is 1.14 bits per heavy atom. The Balaban J connectivity index is 1.47. The van der Waals surface area contributed by atoms with Crippen LogP contribution in [0, 0.1) is 6.92 Å². The smallest absolute Gasteiger partial charge is 0.429 e. The first-order valence-electron chi connectivity index (χ1n) is 12.8. The summed E-state index contributed by atoms with van der Waals surface area (Å²) >= 11 is 7.32. The van der Waals surface area contributed by atoms with Crippen LogP contribution in [0.3, 0.4) is 0 Å². The van der Waals surface area contributed by atoms with Gasteiger partial charge >= 0.3 is 12.1 Å². The second-order valence-electron chi connectivity index (χ2n) is 9.41. The number of aromatic nitrogens is 4. The van der Waals surface area contributed by atoms with E-state index in [4.69, 9.17) is 26.8 Å². The van der Waals surface area contributed by atoms with Crippen LogP contribution >= 0.6 is 22.9 Å². The van der Waals surface area contributed by atoms with Gasteiger partial charge in [0.1, 0.15) is 17.1 Å². The molecule has 8 nitrogen and oxygen atoms in total. The fourth-order valence-corrected chi connectivity index (χ4v) is 5.56. The number of fused-ring (bicyclic) bond motifs is 1. The average Bonchev–Trinajstić information content (AvgIpc) is 3.59. The molecule has 0 aliphatic heterocycles. The summed E-state index contributed by atoms with van der Waals surface area (Å²) in [5, 5.41) is 6.30. The van der Waals surface area contributed by atoms with Crippen molar-refractivity contribution in [3.63, 3.8) is 0 Å². The molecule has 0 fully saturated rings. The van der Waals surface area contributed by atoms with E-state index in [0.717, 1.165) is 11.1 Å². The van der Waals surface area contributed by atoms with Crippen molar-refractivity contribution < 1.29 is 27.4 Å². The Morgan fingerprint density at radius 3 is 2.57 bits per heavy atom. The fourth-order valence-electron chi connectivity index (χ4n) is 4.43. The number of nitrogens with two attached hydrogens (primary N) is 1. The maximum Gasteiger partial charge on any atom is 0.429 e. The normalized spacial score (nSPS) is 13.2.